The zero-order chi connectivity index (χ0) is 17.9. The molecule has 0 aliphatic carbocycles. The van der Waals surface area contributed by atoms with Gasteiger partial charge in [-0.25, -0.2) is 0 Å². The minimum absolute atomic E-state index is 0.105. The molecule has 140 valence electrons. The second-order valence-electron chi connectivity index (χ2n) is 6.37. The molecule has 24 heavy (non-hydrogen) atoms. The molecular formula is C20H36O4. The van der Waals surface area contributed by atoms with E-state index < -0.39 is 5.97 Å². The Morgan fingerprint density at radius 3 is 2.00 bits per heavy atom. The summed E-state index contributed by atoms with van der Waals surface area (Å²) in [4.78, 5) is 21.9. The lowest BCUT2D eigenvalue weighted by atomic mass is 10.1. The molecule has 0 aliphatic rings. The highest BCUT2D eigenvalue weighted by Crippen LogP contribution is 2.10. The average molecular weight is 341 g/mol. The van der Waals surface area contributed by atoms with Crippen LogP contribution in [0.4, 0.5) is 0 Å². The summed E-state index contributed by atoms with van der Waals surface area (Å²) in [5.41, 5.74) is 0. The van der Waals surface area contributed by atoms with Crippen LogP contribution in [0.25, 0.3) is 0 Å². The summed E-state index contributed by atoms with van der Waals surface area (Å²) in [5.74, 6) is -0.813. The van der Waals surface area contributed by atoms with Crippen LogP contribution in [0.1, 0.15) is 96.8 Å². The first kappa shape index (κ1) is 22.7. The fourth-order valence-electron chi connectivity index (χ4n) is 2.52. The van der Waals surface area contributed by atoms with Crippen molar-refractivity contribution in [3.8, 4) is 0 Å². The van der Waals surface area contributed by atoms with Gasteiger partial charge in [0, 0.05) is 12.8 Å². The van der Waals surface area contributed by atoms with E-state index in [2.05, 4.69) is 13.0 Å². The van der Waals surface area contributed by atoms with Gasteiger partial charge in [-0.3, -0.25) is 9.59 Å². The van der Waals surface area contributed by atoms with Crippen molar-refractivity contribution in [1.82, 2.24) is 0 Å². The van der Waals surface area contributed by atoms with Gasteiger partial charge in [-0.15, -0.1) is 0 Å². The van der Waals surface area contributed by atoms with Gasteiger partial charge in [-0.05, 0) is 25.7 Å². The molecule has 0 saturated heterocycles. The molecule has 0 unspecified atom stereocenters. The maximum absolute atomic E-state index is 11.5. The number of carbonyl (C=O) groups excluding carboxylic acids is 1. The maximum atomic E-state index is 11.5. The zero-order valence-electron chi connectivity index (χ0n) is 15.4. The molecule has 0 bridgehead atoms. The highest BCUT2D eigenvalue weighted by atomic mass is 16.5. The summed E-state index contributed by atoms with van der Waals surface area (Å²) in [6, 6.07) is 0. The average Bonchev–Trinajstić information content (AvgIpc) is 2.55. The van der Waals surface area contributed by atoms with Gasteiger partial charge < -0.3 is 9.84 Å². The number of carbonyl (C=O) groups is 2. The lowest BCUT2D eigenvalue weighted by Crippen LogP contribution is -2.04. The van der Waals surface area contributed by atoms with Crippen LogP contribution in [0, 0.1) is 0 Å². The molecule has 0 saturated carbocycles. The van der Waals surface area contributed by atoms with Crippen LogP contribution in [0.2, 0.25) is 0 Å². The first-order valence-electron chi connectivity index (χ1n) is 9.69. The predicted octanol–water partition coefficient (Wildman–Crippen LogP) is 5.65. The maximum Gasteiger partial charge on any atom is 0.306 e. The fraction of sp³-hybridized carbons (Fsp3) is 0.800. The molecule has 0 aromatic rings. The Bertz CT molecular complexity index is 337. The van der Waals surface area contributed by atoms with Crippen molar-refractivity contribution in [2.24, 2.45) is 0 Å². The normalized spacial score (nSPS) is 11.0. The Morgan fingerprint density at radius 1 is 0.792 bits per heavy atom. The molecule has 0 aromatic carbocycles. The molecule has 0 amide bonds. The van der Waals surface area contributed by atoms with Crippen molar-refractivity contribution >= 4 is 11.9 Å². The lowest BCUT2D eigenvalue weighted by molar-refractivity contribution is -0.142. The van der Waals surface area contributed by atoms with Gasteiger partial charge in [0.1, 0.15) is 6.61 Å². The summed E-state index contributed by atoms with van der Waals surface area (Å²) in [6.45, 7) is 2.61. The van der Waals surface area contributed by atoms with Gasteiger partial charge in [0.25, 0.3) is 0 Å². The summed E-state index contributed by atoms with van der Waals surface area (Å²) in [7, 11) is 0. The van der Waals surface area contributed by atoms with E-state index in [0.717, 1.165) is 51.4 Å². The van der Waals surface area contributed by atoms with Gasteiger partial charge in [0.15, 0.2) is 0 Å². The number of ether oxygens (including phenoxy) is 1. The first-order valence-corrected chi connectivity index (χ1v) is 9.69. The first-order chi connectivity index (χ1) is 11.7. The smallest absolute Gasteiger partial charge is 0.306 e. The van der Waals surface area contributed by atoms with Gasteiger partial charge in [-0.2, -0.15) is 0 Å². The third-order valence-corrected chi connectivity index (χ3v) is 4.00. The molecule has 0 atom stereocenters. The van der Waals surface area contributed by atoms with Crippen LogP contribution in [0.15, 0.2) is 12.2 Å². The molecule has 0 rings (SSSR count). The molecule has 0 heterocycles. The second kappa shape index (κ2) is 18.0. The van der Waals surface area contributed by atoms with Crippen molar-refractivity contribution in [2.45, 2.75) is 96.8 Å². The standard InChI is InChI=1S/C20H36O4/c1-2-3-4-5-9-12-15-18-24-20(23)17-14-11-8-6-7-10-13-16-19(21)22/h12,15H,2-11,13-14,16-18H2,1H3,(H,21,22). The summed E-state index contributed by atoms with van der Waals surface area (Å²) >= 11 is 0. The van der Waals surface area contributed by atoms with Crippen LogP contribution in [-0.4, -0.2) is 23.7 Å². The van der Waals surface area contributed by atoms with E-state index in [1.807, 2.05) is 6.08 Å². The highest BCUT2D eigenvalue weighted by Gasteiger charge is 2.01. The molecule has 4 heteroatoms. The van der Waals surface area contributed by atoms with Crippen LogP contribution >= 0.6 is 0 Å². The van der Waals surface area contributed by atoms with E-state index in [1.165, 1.54) is 25.7 Å². The van der Waals surface area contributed by atoms with Gasteiger partial charge in [0.2, 0.25) is 0 Å². The minimum Gasteiger partial charge on any atom is -0.481 e. The minimum atomic E-state index is -0.708. The van der Waals surface area contributed by atoms with E-state index in [9.17, 15) is 9.59 Å². The Morgan fingerprint density at radius 2 is 1.38 bits per heavy atom. The van der Waals surface area contributed by atoms with Crippen molar-refractivity contribution in [3.05, 3.63) is 12.2 Å². The SMILES string of the molecule is CCCCCCC=CCOC(=O)CCCCCCCCCC(=O)O. The molecule has 0 aromatic heterocycles. The Hall–Kier alpha value is -1.32. The molecule has 0 spiro atoms. The molecular weight excluding hydrogens is 304 g/mol. The van der Waals surface area contributed by atoms with Gasteiger partial charge in [-0.1, -0.05) is 70.4 Å². The van der Waals surface area contributed by atoms with Crippen molar-refractivity contribution < 1.29 is 19.4 Å². The van der Waals surface area contributed by atoms with Crippen LogP contribution in [-0.2, 0) is 14.3 Å². The summed E-state index contributed by atoms with van der Waals surface area (Å²) < 4.78 is 5.17. The van der Waals surface area contributed by atoms with Gasteiger partial charge >= 0.3 is 11.9 Å². The Labute approximate surface area is 147 Å². The number of allylic oxidation sites excluding steroid dienone is 1. The molecule has 0 aliphatic heterocycles. The van der Waals surface area contributed by atoms with E-state index in [0.29, 0.717) is 13.0 Å². The van der Waals surface area contributed by atoms with Crippen molar-refractivity contribution in [2.75, 3.05) is 6.61 Å². The molecule has 4 nitrogen and oxygen atoms in total. The summed E-state index contributed by atoms with van der Waals surface area (Å²) in [6.07, 6.45) is 17.9. The van der Waals surface area contributed by atoms with Crippen LogP contribution in [0.3, 0.4) is 0 Å². The van der Waals surface area contributed by atoms with Crippen LogP contribution < -0.4 is 0 Å². The van der Waals surface area contributed by atoms with E-state index >= 15 is 0 Å². The number of carboxylic acid groups (broad SMARTS) is 1. The van der Waals surface area contributed by atoms with E-state index in [4.69, 9.17) is 9.84 Å². The molecule has 0 radical (unpaired) electrons. The quantitative estimate of drug-likeness (QED) is 0.211. The number of esters is 1. The Balaban J connectivity index is 3.26. The van der Waals surface area contributed by atoms with Crippen LogP contribution in [0.5, 0.6) is 0 Å². The van der Waals surface area contributed by atoms with Crippen molar-refractivity contribution in [3.63, 3.8) is 0 Å². The number of carboxylic acids is 1. The second-order valence-corrected chi connectivity index (χ2v) is 6.37. The monoisotopic (exact) mass is 340 g/mol. The highest BCUT2D eigenvalue weighted by molar-refractivity contribution is 5.69. The number of hydrogen-bond acceptors (Lipinski definition) is 3. The molecule has 0 fully saturated rings. The predicted molar refractivity (Wildman–Crippen MR) is 98.0 cm³/mol. The third-order valence-electron chi connectivity index (χ3n) is 4.00. The Kier molecular flexibility index (Phi) is 17.0. The fourth-order valence-corrected chi connectivity index (χ4v) is 2.52. The van der Waals surface area contributed by atoms with Crippen molar-refractivity contribution in [1.29, 1.82) is 0 Å². The molecule has 1 N–H and O–H groups in total. The number of rotatable bonds is 17. The summed E-state index contributed by atoms with van der Waals surface area (Å²) in [5, 5.41) is 8.53. The number of aliphatic carboxylic acids is 1. The van der Waals surface area contributed by atoms with E-state index in [1.54, 1.807) is 0 Å². The zero-order valence-corrected chi connectivity index (χ0v) is 15.4. The lowest BCUT2D eigenvalue weighted by Gasteiger charge is -2.03. The number of hydrogen-bond donors (Lipinski definition) is 1. The third kappa shape index (κ3) is 18.7. The van der Waals surface area contributed by atoms with Gasteiger partial charge in [0.05, 0.1) is 0 Å². The topological polar surface area (TPSA) is 63.6 Å². The largest absolute Gasteiger partial charge is 0.481 e. The van der Waals surface area contributed by atoms with E-state index in [-0.39, 0.29) is 12.4 Å². The number of unbranched alkanes of at least 4 members (excludes halogenated alkanes) is 10.